The van der Waals surface area contributed by atoms with E-state index in [9.17, 15) is 9.18 Å². The lowest BCUT2D eigenvalue weighted by Gasteiger charge is -2.17. The summed E-state index contributed by atoms with van der Waals surface area (Å²) >= 11 is 5.99. The fourth-order valence-electron chi connectivity index (χ4n) is 2.43. The molecule has 1 N–H and O–H groups in total. The molecule has 1 aliphatic rings. The van der Waals surface area contributed by atoms with Crippen LogP contribution in [0.4, 0.5) is 4.39 Å². The number of carbonyl (C=O) groups is 1. The first-order valence-corrected chi connectivity index (χ1v) is 5.65. The molecule has 1 saturated carbocycles. The predicted octanol–water partition coefficient (Wildman–Crippen LogP) is 3.45. The second-order valence-electron chi connectivity index (χ2n) is 4.15. The van der Waals surface area contributed by atoms with E-state index in [1.54, 1.807) is 0 Å². The van der Waals surface area contributed by atoms with Gasteiger partial charge in [0.05, 0.1) is 5.92 Å². The van der Waals surface area contributed by atoms with Crippen molar-refractivity contribution in [1.29, 1.82) is 0 Å². The molecule has 4 heteroatoms. The molecule has 0 aliphatic heterocycles. The van der Waals surface area contributed by atoms with E-state index >= 15 is 0 Å². The maximum absolute atomic E-state index is 13.1. The minimum atomic E-state index is -0.817. The molecule has 0 amide bonds. The molecule has 0 radical (unpaired) electrons. The van der Waals surface area contributed by atoms with Gasteiger partial charge >= 0.3 is 5.97 Å². The molecular weight excluding hydrogens is 231 g/mol. The zero-order valence-corrected chi connectivity index (χ0v) is 9.38. The normalized spacial score (nSPS) is 24.6. The summed E-state index contributed by atoms with van der Waals surface area (Å²) in [6.45, 7) is 0. The van der Waals surface area contributed by atoms with Gasteiger partial charge in [0.2, 0.25) is 0 Å². The number of aliphatic carboxylic acids is 1. The summed E-state index contributed by atoms with van der Waals surface area (Å²) in [6, 6.07) is 4.13. The molecule has 0 heterocycles. The van der Waals surface area contributed by atoms with E-state index in [-0.39, 0.29) is 11.7 Å². The maximum Gasteiger partial charge on any atom is 0.307 e. The smallest absolute Gasteiger partial charge is 0.307 e. The van der Waals surface area contributed by atoms with Gasteiger partial charge < -0.3 is 5.11 Å². The number of benzene rings is 1. The number of carboxylic acid groups (broad SMARTS) is 1. The van der Waals surface area contributed by atoms with Gasteiger partial charge in [-0.15, -0.1) is 0 Å². The van der Waals surface area contributed by atoms with Crippen LogP contribution in [-0.4, -0.2) is 11.1 Å². The van der Waals surface area contributed by atoms with Crippen LogP contribution in [0, 0.1) is 11.7 Å². The van der Waals surface area contributed by atoms with Crippen molar-refractivity contribution < 1.29 is 14.3 Å². The summed E-state index contributed by atoms with van der Waals surface area (Å²) in [5.74, 6) is -1.77. The third-order valence-corrected chi connectivity index (χ3v) is 3.53. The van der Waals surface area contributed by atoms with E-state index in [4.69, 9.17) is 16.7 Å². The van der Waals surface area contributed by atoms with Crippen LogP contribution < -0.4 is 0 Å². The van der Waals surface area contributed by atoms with Crippen LogP contribution in [0.3, 0.4) is 0 Å². The first-order valence-electron chi connectivity index (χ1n) is 5.27. The molecule has 1 aromatic rings. The maximum atomic E-state index is 13.1. The second-order valence-corrected chi connectivity index (χ2v) is 4.56. The highest BCUT2D eigenvalue weighted by Gasteiger charge is 2.35. The Labute approximate surface area is 98.0 Å². The fourth-order valence-corrected chi connectivity index (χ4v) is 2.68. The summed E-state index contributed by atoms with van der Waals surface area (Å²) in [7, 11) is 0. The largest absolute Gasteiger partial charge is 0.481 e. The van der Waals surface area contributed by atoms with E-state index in [0.717, 1.165) is 12.8 Å². The van der Waals surface area contributed by atoms with Crippen molar-refractivity contribution >= 4 is 17.6 Å². The molecular formula is C12H12ClFO2. The molecule has 16 heavy (non-hydrogen) atoms. The van der Waals surface area contributed by atoms with Gasteiger partial charge in [-0.1, -0.05) is 18.0 Å². The van der Waals surface area contributed by atoms with Crippen LogP contribution in [0.1, 0.15) is 30.7 Å². The van der Waals surface area contributed by atoms with Crippen molar-refractivity contribution in [1.82, 2.24) is 0 Å². The Morgan fingerprint density at radius 2 is 2.19 bits per heavy atom. The first kappa shape index (κ1) is 11.4. The molecule has 86 valence electrons. The lowest BCUT2D eigenvalue weighted by Crippen LogP contribution is -2.17. The van der Waals surface area contributed by atoms with Crippen molar-refractivity contribution in [3.63, 3.8) is 0 Å². The van der Waals surface area contributed by atoms with Crippen LogP contribution in [-0.2, 0) is 4.79 Å². The number of rotatable bonds is 2. The van der Waals surface area contributed by atoms with Crippen molar-refractivity contribution in [3.8, 4) is 0 Å². The summed E-state index contributed by atoms with van der Waals surface area (Å²) in [5.41, 5.74) is 0.631. The van der Waals surface area contributed by atoms with E-state index in [0.29, 0.717) is 17.0 Å². The Morgan fingerprint density at radius 1 is 1.44 bits per heavy atom. The highest BCUT2D eigenvalue weighted by atomic mass is 35.5. The zero-order valence-electron chi connectivity index (χ0n) is 8.62. The van der Waals surface area contributed by atoms with Gasteiger partial charge in [-0.3, -0.25) is 4.79 Å². The average molecular weight is 243 g/mol. The van der Waals surface area contributed by atoms with E-state index in [1.807, 2.05) is 0 Å². The Hall–Kier alpha value is -1.09. The molecule has 0 aromatic heterocycles. The van der Waals surface area contributed by atoms with E-state index < -0.39 is 11.9 Å². The standard InChI is InChI=1S/C12H12ClFO2/c13-11-5-4-7(14)6-10(11)8-2-1-3-9(8)12(15)16/h4-6,8-9H,1-3H2,(H,15,16). The van der Waals surface area contributed by atoms with Crippen LogP contribution in [0.2, 0.25) is 5.02 Å². The van der Waals surface area contributed by atoms with Gasteiger partial charge in [0.15, 0.2) is 0 Å². The zero-order chi connectivity index (χ0) is 11.7. The van der Waals surface area contributed by atoms with Crippen molar-refractivity contribution in [2.75, 3.05) is 0 Å². The highest BCUT2D eigenvalue weighted by Crippen LogP contribution is 2.42. The number of hydrogen-bond acceptors (Lipinski definition) is 1. The van der Waals surface area contributed by atoms with Gasteiger partial charge in [0.25, 0.3) is 0 Å². The van der Waals surface area contributed by atoms with Gasteiger partial charge in [-0.2, -0.15) is 0 Å². The fraction of sp³-hybridized carbons (Fsp3) is 0.417. The molecule has 1 aliphatic carbocycles. The Morgan fingerprint density at radius 3 is 2.88 bits per heavy atom. The van der Waals surface area contributed by atoms with Crippen molar-refractivity contribution in [2.24, 2.45) is 5.92 Å². The van der Waals surface area contributed by atoms with Gasteiger partial charge in [0, 0.05) is 5.02 Å². The average Bonchev–Trinajstić information content (AvgIpc) is 2.70. The molecule has 2 unspecified atom stereocenters. The minimum Gasteiger partial charge on any atom is -0.481 e. The van der Waals surface area contributed by atoms with Crippen molar-refractivity contribution in [3.05, 3.63) is 34.6 Å². The van der Waals surface area contributed by atoms with Crippen LogP contribution in [0.25, 0.3) is 0 Å². The number of carboxylic acids is 1. The van der Waals surface area contributed by atoms with E-state index in [2.05, 4.69) is 0 Å². The molecule has 0 saturated heterocycles. The molecule has 0 bridgehead atoms. The lowest BCUT2D eigenvalue weighted by molar-refractivity contribution is -0.142. The Bertz CT molecular complexity index is 419. The third-order valence-electron chi connectivity index (χ3n) is 3.19. The third kappa shape index (κ3) is 2.05. The van der Waals surface area contributed by atoms with Crippen LogP contribution in [0.5, 0.6) is 0 Å². The Balaban J connectivity index is 2.35. The molecule has 1 aromatic carbocycles. The summed E-state index contributed by atoms with van der Waals surface area (Å²) in [6.07, 6.45) is 2.27. The second kappa shape index (κ2) is 4.42. The summed E-state index contributed by atoms with van der Waals surface area (Å²) in [5, 5.41) is 9.53. The van der Waals surface area contributed by atoms with Gasteiger partial charge in [0.1, 0.15) is 5.82 Å². The quantitative estimate of drug-likeness (QED) is 0.863. The topological polar surface area (TPSA) is 37.3 Å². The lowest BCUT2D eigenvalue weighted by atomic mass is 9.89. The molecule has 2 atom stereocenters. The van der Waals surface area contributed by atoms with Crippen LogP contribution in [0.15, 0.2) is 18.2 Å². The molecule has 1 fully saturated rings. The van der Waals surface area contributed by atoms with Crippen LogP contribution >= 0.6 is 11.6 Å². The first-order chi connectivity index (χ1) is 7.59. The minimum absolute atomic E-state index is 0.152. The Kier molecular flexibility index (Phi) is 3.15. The predicted molar refractivity (Wildman–Crippen MR) is 59.1 cm³/mol. The molecule has 2 nitrogen and oxygen atoms in total. The summed E-state index contributed by atoms with van der Waals surface area (Å²) < 4.78 is 13.1. The highest BCUT2D eigenvalue weighted by molar-refractivity contribution is 6.31. The van der Waals surface area contributed by atoms with Gasteiger partial charge in [-0.25, -0.2) is 4.39 Å². The summed E-state index contributed by atoms with van der Waals surface area (Å²) in [4.78, 5) is 11.0. The van der Waals surface area contributed by atoms with Gasteiger partial charge in [-0.05, 0) is 42.5 Å². The SMILES string of the molecule is O=C(O)C1CCCC1c1cc(F)ccc1Cl. The number of halogens is 2. The molecule has 0 spiro atoms. The monoisotopic (exact) mass is 242 g/mol. The number of hydrogen-bond donors (Lipinski definition) is 1. The van der Waals surface area contributed by atoms with E-state index in [1.165, 1.54) is 18.2 Å². The molecule has 2 rings (SSSR count). The van der Waals surface area contributed by atoms with Crippen molar-refractivity contribution in [2.45, 2.75) is 25.2 Å².